The highest BCUT2D eigenvalue weighted by molar-refractivity contribution is 9.10. The SMILES string of the molecule is C[C@@H]1CN(C(=O)c2c(F)cc(Br)cc2F)C[C@H]1C(=O)O. The normalized spacial score (nSPS) is 22.1. The molecule has 1 aromatic rings. The Labute approximate surface area is 122 Å². The number of carbonyl (C=O) groups excluding carboxylic acids is 1. The van der Waals surface area contributed by atoms with Crippen molar-refractivity contribution < 1.29 is 23.5 Å². The molecule has 2 rings (SSSR count). The Hall–Kier alpha value is -1.50. The van der Waals surface area contributed by atoms with Crippen molar-refractivity contribution in [2.75, 3.05) is 13.1 Å². The van der Waals surface area contributed by atoms with Gasteiger partial charge in [-0.15, -0.1) is 0 Å². The Balaban J connectivity index is 2.28. The van der Waals surface area contributed by atoms with Crippen LogP contribution in [0.25, 0.3) is 0 Å². The number of rotatable bonds is 2. The molecule has 1 N–H and O–H groups in total. The van der Waals surface area contributed by atoms with E-state index in [1.54, 1.807) is 6.92 Å². The predicted octanol–water partition coefficient (Wildman–Crippen LogP) is 2.52. The van der Waals surface area contributed by atoms with Gasteiger partial charge in [0.15, 0.2) is 0 Å². The molecule has 1 aliphatic rings. The molecule has 0 spiro atoms. The van der Waals surface area contributed by atoms with Crippen molar-refractivity contribution in [1.82, 2.24) is 4.90 Å². The molecule has 4 nitrogen and oxygen atoms in total. The Morgan fingerprint density at radius 2 is 1.85 bits per heavy atom. The highest BCUT2D eigenvalue weighted by Crippen LogP contribution is 2.27. The summed E-state index contributed by atoms with van der Waals surface area (Å²) in [7, 11) is 0. The third-order valence-corrected chi connectivity index (χ3v) is 3.90. The minimum absolute atomic E-state index is 0.0374. The number of likely N-dealkylation sites (tertiary alicyclic amines) is 1. The number of carboxylic acid groups (broad SMARTS) is 1. The van der Waals surface area contributed by atoms with Gasteiger partial charge < -0.3 is 10.0 Å². The summed E-state index contributed by atoms with van der Waals surface area (Å²) in [6.07, 6.45) is 0. The zero-order valence-corrected chi connectivity index (χ0v) is 12.2. The van der Waals surface area contributed by atoms with E-state index in [0.29, 0.717) is 0 Å². The summed E-state index contributed by atoms with van der Waals surface area (Å²) in [4.78, 5) is 24.3. The number of carboxylic acids is 1. The van der Waals surface area contributed by atoms with E-state index in [0.717, 1.165) is 12.1 Å². The van der Waals surface area contributed by atoms with E-state index >= 15 is 0 Å². The second-order valence-corrected chi connectivity index (χ2v) is 5.79. The van der Waals surface area contributed by atoms with Gasteiger partial charge in [0.1, 0.15) is 17.2 Å². The van der Waals surface area contributed by atoms with Crippen molar-refractivity contribution in [3.05, 3.63) is 33.8 Å². The maximum absolute atomic E-state index is 13.7. The predicted molar refractivity (Wildman–Crippen MR) is 70.3 cm³/mol. The molecule has 1 fully saturated rings. The van der Waals surface area contributed by atoms with Crippen LogP contribution < -0.4 is 0 Å². The molecule has 0 aliphatic carbocycles. The number of hydrogen-bond donors (Lipinski definition) is 1. The van der Waals surface area contributed by atoms with Crippen LogP contribution in [0.4, 0.5) is 8.78 Å². The molecule has 0 bridgehead atoms. The summed E-state index contributed by atoms with van der Waals surface area (Å²) in [6, 6.07) is 2.01. The summed E-state index contributed by atoms with van der Waals surface area (Å²) in [5.41, 5.74) is -0.647. The summed E-state index contributed by atoms with van der Waals surface area (Å²) in [5.74, 6) is -4.72. The molecule has 7 heteroatoms. The first-order chi connectivity index (χ1) is 9.31. The van der Waals surface area contributed by atoms with Crippen LogP contribution >= 0.6 is 15.9 Å². The van der Waals surface area contributed by atoms with Crippen molar-refractivity contribution in [3.63, 3.8) is 0 Å². The maximum Gasteiger partial charge on any atom is 0.308 e. The molecule has 1 amide bonds. The number of carbonyl (C=O) groups is 2. The zero-order chi connectivity index (χ0) is 15.0. The van der Waals surface area contributed by atoms with Gasteiger partial charge in [-0.2, -0.15) is 0 Å². The van der Waals surface area contributed by atoms with Crippen LogP contribution in [-0.2, 0) is 4.79 Å². The molecule has 1 saturated heterocycles. The van der Waals surface area contributed by atoms with Gasteiger partial charge in [-0.25, -0.2) is 8.78 Å². The van der Waals surface area contributed by atoms with Crippen molar-refractivity contribution >= 4 is 27.8 Å². The molecule has 0 radical (unpaired) electrons. The summed E-state index contributed by atoms with van der Waals surface area (Å²) in [5, 5.41) is 9.01. The maximum atomic E-state index is 13.7. The van der Waals surface area contributed by atoms with Crippen molar-refractivity contribution in [1.29, 1.82) is 0 Å². The molecular formula is C13H12BrF2NO3. The zero-order valence-electron chi connectivity index (χ0n) is 10.6. The topological polar surface area (TPSA) is 57.6 Å². The number of hydrogen-bond acceptors (Lipinski definition) is 2. The van der Waals surface area contributed by atoms with Gasteiger partial charge in [0.05, 0.1) is 5.92 Å². The van der Waals surface area contributed by atoms with E-state index in [9.17, 15) is 18.4 Å². The van der Waals surface area contributed by atoms with Gasteiger partial charge in [-0.05, 0) is 18.1 Å². The molecule has 0 saturated carbocycles. The van der Waals surface area contributed by atoms with E-state index < -0.39 is 35.0 Å². The molecule has 0 aromatic heterocycles. The first kappa shape index (κ1) is 14.9. The number of nitrogens with zero attached hydrogens (tertiary/aromatic N) is 1. The molecule has 1 heterocycles. The second kappa shape index (κ2) is 5.47. The van der Waals surface area contributed by atoms with Crippen LogP contribution in [0, 0.1) is 23.5 Å². The van der Waals surface area contributed by atoms with E-state index in [1.807, 2.05) is 0 Å². The van der Waals surface area contributed by atoms with Crippen LogP contribution in [0.3, 0.4) is 0 Å². The van der Waals surface area contributed by atoms with Crippen LogP contribution in [0.2, 0.25) is 0 Å². The van der Waals surface area contributed by atoms with Gasteiger partial charge in [-0.3, -0.25) is 9.59 Å². The molecular weight excluding hydrogens is 336 g/mol. The lowest BCUT2D eigenvalue weighted by molar-refractivity contribution is -0.142. The van der Waals surface area contributed by atoms with E-state index in [1.165, 1.54) is 4.90 Å². The average Bonchev–Trinajstić information content (AvgIpc) is 2.69. The molecule has 20 heavy (non-hydrogen) atoms. The van der Waals surface area contributed by atoms with Crippen LogP contribution in [0.1, 0.15) is 17.3 Å². The fraction of sp³-hybridized carbons (Fsp3) is 0.385. The van der Waals surface area contributed by atoms with Gasteiger partial charge in [-0.1, -0.05) is 22.9 Å². The largest absolute Gasteiger partial charge is 0.481 e. The monoisotopic (exact) mass is 347 g/mol. The third-order valence-electron chi connectivity index (χ3n) is 3.44. The van der Waals surface area contributed by atoms with Crippen LogP contribution in [0.5, 0.6) is 0 Å². The standard InChI is InChI=1S/C13H12BrF2NO3/c1-6-4-17(5-8(6)13(19)20)12(18)11-9(15)2-7(14)3-10(11)16/h2-3,6,8H,4-5H2,1H3,(H,19,20)/t6-,8-/m1/s1. The third kappa shape index (κ3) is 2.67. The Bertz CT molecular complexity index is 556. The molecule has 1 aromatic carbocycles. The Kier molecular flexibility index (Phi) is 4.08. The molecule has 0 unspecified atom stereocenters. The highest BCUT2D eigenvalue weighted by atomic mass is 79.9. The lowest BCUT2D eigenvalue weighted by atomic mass is 9.99. The second-order valence-electron chi connectivity index (χ2n) is 4.88. The lowest BCUT2D eigenvalue weighted by Gasteiger charge is -2.17. The molecule has 108 valence electrons. The Morgan fingerprint density at radius 3 is 2.30 bits per heavy atom. The van der Waals surface area contributed by atoms with Crippen LogP contribution in [0.15, 0.2) is 16.6 Å². The number of amides is 1. The smallest absolute Gasteiger partial charge is 0.308 e. The summed E-state index contributed by atoms with van der Waals surface area (Å²) in [6.45, 7) is 1.83. The van der Waals surface area contributed by atoms with Crippen molar-refractivity contribution in [2.45, 2.75) is 6.92 Å². The van der Waals surface area contributed by atoms with Crippen molar-refractivity contribution in [2.24, 2.45) is 11.8 Å². The van der Waals surface area contributed by atoms with Gasteiger partial charge in [0.2, 0.25) is 0 Å². The number of aliphatic carboxylic acids is 1. The first-order valence-electron chi connectivity index (χ1n) is 5.98. The van der Waals surface area contributed by atoms with E-state index in [2.05, 4.69) is 15.9 Å². The van der Waals surface area contributed by atoms with E-state index in [-0.39, 0.29) is 23.5 Å². The van der Waals surface area contributed by atoms with Gasteiger partial charge >= 0.3 is 5.97 Å². The number of benzene rings is 1. The average molecular weight is 348 g/mol. The first-order valence-corrected chi connectivity index (χ1v) is 6.77. The molecule has 2 atom stereocenters. The van der Waals surface area contributed by atoms with Gasteiger partial charge in [0.25, 0.3) is 5.91 Å². The highest BCUT2D eigenvalue weighted by Gasteiger charge is 2.38. The van der Waals surface area contributed by atoms with Gasteiger partial charge in [0, 0.05) is 17.6 Å². The molecule has 1 aliphatic heterocycles. The summed E-state index contributed by atoms with van der Waals surface area (Å²) >= 11 is 2.94. The van der Waals surface area contributed by atoms with E-state index in [4.69, 9.17) is 5.11 Å². The number of halogens is 3. The minimum Gasteiger partial charge on any atom is -0.481 e. The van der Waals surface area contributed by atoms with Crippen molar-refractivity contribution in [3.8, 4) is 0 Å². The quantitative estimate of drug-likeness (QED) is 0.894. The summed E-state index contributed by atoms with van der Waals surface area (Å²) < 4.78 is 27.7. The minimum atomic E-state index is -1.01. The van der Waals surface area contributed by atoms with Crippen LogP contribution in [-0.4, -0.2) is 35.0 Å². The fourth-order valence-corrected chi connectivity index (χ4v) is 2.76. The fourth-order valence-electron chi connectivity index (χ4n) is 2.36. The lowest BCUT2D eigenvalue weighted by Crippen LogP contribution is -2.31. The Morgan fingerprint density at radius 1 is 1.30 bits per heavy atom.